The summed E-state index contributed by atoms with van der Waals surface area (Å²) in [5, 5.41) is 0. The van der Waals surface area contributed by atoms with Gasteiger partial charge in [-0.25, -0.2) is 4.39 Å². The average molecular weight is 235 g/mol. The summed E-state index contributed by atoms with van der Waals surface area (Å²) in [6.07, 6.45) is 6.07. The van der Waals surface area contributed by atoms with Crippen molar-refractivity contribution in [1.29, 1.82) is 0 Å². The Morgan fingerprint density at radius 2 is 2.00 bits per heavy atom. The number of hydrogen-bond donors (Lipinski definition) is 1. The molecular formula is C14H18FNO. The number of fused-ring (bicyclic) bond motifs is 1. The molecule has 1 aromatic carbocycles. The van der Waals surface area contributed by atoms with Crippen molar-refractivity contribution in [2.24, 2.45) is 11.7 Å². The molecule has 1 aliphatic heterocycles. The minimum Gasteiger partial charge on any atom is -0.490 e. The highest BCUT2D eigenvalue weighted by molar-refractivity contribution is 5.38. The monoisotopic (exact) mass is 235 g/mol. The van der Waals surface area contributed by atoms with Crippen LogP contribution in [0.5, 0.6) is 5.75 Å². The van der Waals surface area contributed by atoms with Crippen LogP contribution >= 0.6 is 0 Å². The van der Waals surface area contributed by atoms with E-state index < -0.39 is 0 Å². The SMILES string of the molecule is N[C@H]1CC(C2CCCC2)Oc2cc(F)ccc21. The van der Waals surface area contributed by atoms with E-state index in [-0.39, 0.29) is 18.0 Å². The molecule has 1 saturated carbocycles. The molecule has 3 heteroatoms. The van der Waals surface area contributed by atoms with Gasteiger partial charge in [-0.3, -0.25) is 0 Å². The molecule has 1 unspecified atom stereocenters. The standard InChI is InChI=1S/C14H18FNO/c15-10-5-6-11-12(16)8-13(17-14(11)7-10)9-3-1-2-4-9/h5-7,9,12-13H,1-4,8,16H2/t12-,13?/m0/s1. The number of nitrogens with two attached hydrogens (primary N) is 1. The molecule has 0 radical (unpaired) electrons. The Kier molecular flexibility index (Phi) is 2.79. The molecule has 0 spiro atoms. The lowest BCUT2D eigenvalue weighted by Gasteiger charge is -2.33. The number of benzene rings is 1. The smallest absolute Gasteiger partial charge is 0.127 e. The van der Waals surface area contributed by atoms with Crippen molar-refractivity contribution in [1.82, 2.24) is 0 Å². The van der Waals surface area contributed by atoms with Gasteiger partial charge in [0.1, 0.15) is 17.7 Å². The molecule has 2 N–H and O–H groups in total. The molecule has 2 atom stereocenters. The van der Waals surface area contributed by atoms with Crippen LogP contribution in [0.1, 0.15) is 43.7 Å². The van der Waals surface area contributed by atoms with Crippen LogP contribution < -0.4 is 10.5 Å². The Bertz CT molecular complexity index is 415. The van der Waals surface area contributed by atoms with Gasteiger partial charge in [0.15, 0.2) is 0 Å². The Labute approximate surface area is 101 Å². The molecule has 0 amide bonds. The van der Waals surface area contributed by atoms with Crippen LogP contribution in [0.2, 0.25) is 0 Å². The zero-order valence-electron chi connectivity index (χ0n) is 9.86. The third-order valence-corrected chi connectivity index (χ3v) is 4.07. The van der Waals surface area contributed by atoms with E-state index in [9.17, 15) is 4.39 Å². The van der Waals surface area contributed by atoms with Crippen LogP contribution in [-0.4, -0.2) is 6.10 Å². The average Bonchev–Trinajstić information content (AvgIpc) is 2.81. The van der Waals surface area contributed by atoms with E-state index in [0.29, 0.717) is 11.7 Å². The van der Waals surface area contributed by atoms with E-state index in [1.54, 1.807) is 6.07 Å². The molecule has 1 heterocycles. The Morgan fingerprint density at radius 1 is 1.24 bits per heavy atom. The van der Waals surface area contributed by atoms with E-state index in [2.05, 4.69) is 0 Å². The summed E-state index contributed by atoms with van der Waals surface area (Å²) < 4.78 is 19.2. The van der Waals surface area contributed by atoms with E-state index in [1.807, 2.05) is 0 Å². The molecular weight excluding hydrogens is 217 g/mol. The zero-order valence-corrected chi connectivity index (χ0v) is 9.86. The highest BCUT2D eigenvalue weighted by Gasteiger charge is 2.33. The first-order valence-electron chi connectivity index (χ1n) is 6.46. The topological polar surface area (TPSA) is 35.2 Å². The molecule has 0 bridgehead atoms. The molecule has 1 aromatic rings. The van der Waals surface area contributed by atoms with Gasteiger partial charge < -0.3 is 10.5 Å². The molecule has 92 valence electrons. The van der Waals surface area contributed by atoms with Crippen LogP contribution in [0.15, 0.2) is 18.2 Å². The number of rotatable bonds is 1. The predicted octanol–water partition coefficient (Wildman–Crippen LogP) is 3.17. The molecule has 2 nitrogen and oxygen atoms in total. The highest BCUT2D eigenvalue weighted by Crippen LogP contribution is 2.40. The van der Waals surface area contributed by atoms with E-state index in [4.69, 9.17) is 10.5 Å². The van der Waals surface area contributed by atoms with Gasteiger partial charge in [0.2, 0.25) is 0 Å². The lowest BCUT2D eigenvalue weighted by atomic mass is 9.89. The lowest BCUT2D eigenvalue weighted by molar-refractivity contribution is 0.101. The predicted molar refractivity (Wildman–Crippen MR) is 64.3 cm³/mol. The summed E-state index contributed by atoms with van der Waals surface area (Å²) in [6, 6.07) is 4.67. The lowest BCUT2D eigenvalue weighted by Crippen LogP contribution is -2.34. The van der Waals surface area contributed by atoms with Crippen molar-refractivity contribution >= 4 is 0 Å². The van der Waals surface area contributed by atoms with Gasteiger partial charge >= 0.3 is 0 Å². The quantitative estimate of drug-likeness (QED) is 0.811. The summed E-state index contributed by atoms with van der Waals surface area (Å²) in [5.74, 6) is 1.01. The maximum atomic E-state index is 13.2. The molecule has 1 aliphatic carbocycles. The van der Waals surface area contributed by atoms with Crippen LogP contribution in [0.3, 0.4) is 0 Å². The van der Waals surface area contributed by atoms with Crippen LogP contribution in [0, 0.1) is 11.7 Å². The normalized spacial score (nSPS) is 28.8. The van der Waals surface area contributed by atoms with Gasteiger partial charge in [0.25, 0.3) is 0 Å². The van der Waals surface area contributed by atoms with Crippen molar-refractivity contribution in [3.8, 4) is 5.75 Å². The number of ether oxygens (including phenoxy) is 1. The van der Waals surface area contributed by atoms with Gasteiger partial charge in [-0.1, -0.05) is 18.9 Å². The third-order valence-electron chi connectivity index (χ3n) is 4.07. The fourth-order valence-electron chi connectivity index (χ4n) is 3.12. The number of hydrogen-bond acceptors (Lipinski definition) is 2. The molecule has 1 fully saturated rings. The second kappa shape index (κ2) is 4.30. The fraction of sp³-hybridized carbons (Fsp3) is 0.571. The van der Waals surface area contributed by atoms with Crippen molar-refractivity contribution in [2.45, 2.75) is 44.2 Å². The first-order valence-corrected chi connectivity index (χ1v) is 6.46. The van der Waals surface area contributed by atoms with E-state index >= 15 is 0 Å². The fourth-order valence-corrected chi connectivity index (χ4v) is 3.12. The second-order valence-electron chi connectivity index (χ2n) is 5.23. The van der Waals surface area contributed by atoms with E-state index in [0.717, 1.165) is 12.0 Å². The van der Waals surface area contributed by atoms with Gasteiger partial charge in [0, 0.05) is 24.1 Å². The minimum absolute atomic E-state index is 0.00931. The Morgan fingerprint density at radius 3 is 2.76 bits per heavy atom. The van der Waals surface area contributed by atoms with Crippen molar-refractivity contribution in [3.05, 3.63) is 29.6 Å². The van der Waals surface area contributed by atoms with Gasteiger partial charge in [-0.2, -0.15) is 0 Å². The summed E-state index contributed by atoms with van der Waals surface area (Å²) in [4.78, 5) is 0. The Balaban J connectivity index is 1.85. The molecule has 3 rings (SSSR count). The largest absolute Gasteiger partial charge is 0.490 e. The van der Waals surface area contributed by atoms with Gasteiger partial charge in [-0.15, -0.1) is 0 Å². The molecule has 17 heavy (non-hydrogen) atoms. The third kappa shape index (κ3) is 2.04. The summed E-state index contributed by atoms with van der Waals surface area (Å²) in [6.45, 7) is 0. The van der Waals surface area contributed by atoms with Gasteiger partial charge in [-0.05, 0) is 24.8 Å². The van der Waals surface area contributed by atoms with Crippen molar-refractivity contribution < 1.29 is 9.13 Å². The number of halogens is 1. The first kappa shape index (κ1) is 11.0. The highest BCUT2D eigenvalue weighted by atomic mass is 19.1. The zero-order chi connectivity index (χ0) is 11.8. The van der Waals surface area contributed by atoms with E-state index in [1.165, 1.54) is 37.8 Å². The van der Waals surface area contributed by atoms with Crippen molar-refractivity contribution in [2.75, 3.05) is 0 Å². The maximum absolute atomic E-state index is 13.2. The first-order chi connectivity index (χ1) is 8.24. The molecule has 2 aliphatic rings. The molecule has 0 saturated heterocycles. The Hall–Kier alpha value is -1.09. The minimum atomic E-state index is -0.247. The second-order valence-corrected chi connectivity index (χ2v) is 5.23. The van der Waals surface area contributed by atoms with Gasteiger partial charge in [0.05, 0.1) is 0 Å². The maximum Gasteiger partial charge on any atom is 0.127 e. The summed E-state index contributed by atoms with van der Waals surface area (Å²) in [5.41, 5.74) is 7.10. The van der Waals surface area contributed by atoms with Crippen molar-refractivity contribution in [3.63, 3.8) is 0 Å². The van der Waals surface area contributed by atoms with Crippen LogP contribution in [-0.2, 0) is 0 Å². The molecule has 0 aromatic heterocycles. The summed E-state index contributed by atoms with van der Waals surface area (Å²) >= 11 is 0. The van der Waals surface area contributed by atoms with Crippen LogP contribution in [0.25, 0.3) is 0 Å². The summed E-state index contributed by atoms with van der Waals surface area (Å²) in [7, 11) is 0. The van der Waals surface area contributed by atoms with Crippen LogP contribution in [0.4, 0.5) is 4.39 Å².